The first-order valence-corrected chi connectivity index (χ1v) is 12.7. The first-order valence-electron chi connectivity index (χ1n) is 10.3. The van der Waals surface area contributed by atoms with E-state index >= 15 is 0 Å². The summed E-state index contributed by atoms with van der Waals surface area (Å²) in [6, 6.07) is 20.1. The molecule has 0 spiro atoms. The van der Waals surface area contributed by atoms with Crippen LogP contribution in [0.15, 0.2) is 70.5 Å². The van der Waals surface area contributed by atoms with E-state index in [1.807, 2.05) is 30.3 Å². The lowest BCUT2D eigenvalue weighted by molar-refractivity contribution is 0.0978. The Morgan fingerprint density at radius 1 is 1.14 bits per heavy atom. The van der Waals surface area contributed by atoms with Crippen molar-refractivity contribution in [3.8, 4) is 28.8 Å². The summed E-state index contributed by atoms with van der Waals surface area (Å²) in [5, 5.41) is 12.8. The molecule has 0 aliphatic carbocycles. The summed E-state index contributed by atoms with van der Waals surface area (Å²) in [5.41, 5.74) is 2.65. The Morgan fingerprint density at radius 3 is 2.60 bits per heavy atom. The van der Waals surface area contributed by atoms with Gasteiger partial charge >= 0.3 is 0 Å². The second-order valence-electron chi connectivity index (χ2n) is 7.39. The van der Waals surface area contributed by atoms with Crippen LogP contribution in [-0.4, -0.2) is 17.9 Å². The summed E-state index contributed by atoms with van der Waals surface area (Å²) in [4.78, 5) is 17.8. The lowest BCUT2D eigenvalue weighted by Gasteiger charge is -2.15. The first-order chi connectivity index (χ1) is 16.9. The number of nitriles is 1. The number of rotatable bonds is 8. The molecule has 5 nitrogen and oxygen atoms in total. The Kier molecular flexibility index (Phi) is 8.09. The standard InChI is InChI=1S/C26H17BrCl2N2O3S/c1-33-23-11-17(9-19(27)25(23)34-13-15-5-3-2-4-6-15)24(32)18(12-30)26-31-22(14-35-26)16-7-8-20(28)21(29)10-16/h2-11,14,18H,13H2,1H3. The molecule has 3 aromatic carbocycles. The van der Waals surface area contributed by atoms with E-state index in [-0.39, 0.29) is 0 Å². The number of carbonyl (C=O) groups is 1. The third kappa shape index (κ3) is 5.68. The Morgan fingerprint density at radius 2 is 1.91 bits per heavy atom. The van der Waals surface area contributed by atoms with Crippen LogP contribution in [0, 0.1) is 11.3 Å². The number of benzene rings is 3. The molecule has 4 aromatic rings. The van der Waals surface area contributed by atoms with Gasteiger partial charge in [-0.15, -0.1) is 11.3 Å². The summed E-state index contributed by atoms with van der Waals surface area (Å²) in [5.74, 6) is -0.621. The topological polar surface area (TPSA) is 72.2 Å². The number of Topliss-reactive ketones (excluding diaryl/α,β-unsaturated/α-hetero) is 1. The summed E-state index contributed by atoms with van der Waals surface area (Å²) >= 11 is 16.8. The Labute approximate surface area is 225 Å². The molecule has 1 unspecified atom stereocenters. The smallest absolute Gasteiger partial charge is 0.187 e. The van der Waals surface area contributed by atoms with Crippen LogP contribution in [0.5, 0.6) is 11.5 Å². The van der Waals surface area contributed by atoms with Gasteiger partial charge in [-0.3, -0.25) is 4.79 Å². The predicted molar refractivity (Wildman–Crippen MR) is 142 cm³/mol. The summed E-state index contributed by atoms with van der Waals surface area (Å²) in [7, 11) is 1.50. The van der Waals surface area contributed by atoms with Gasteiger partial charge in [-0.25, -0.2) is 4.98 Å². The molecule has 0 amide bonds. The van der Waals surface area contributed by atoms with Crippen molar-refractivity contribution in [2.45, 2.75) is 12.5 Å². The molecular formula is C26H17BrCl2N2O3S. The van der Waals surface area contributed by atoms with Gasteiger partial charge in [0.25, 0.3) is 0 Å². The molecule has 0 fully saturated rings. The minimum atomic E-state index is -1.08. The van der Waals surface area contributed by atoms with E-state index in [0.29, 0.717) is 48.9 Å². The zero-order valence-corrected chi connectivity index (χ0v) is 22.2. The number of thiazole rings is 1. The maximum Gasteiger partial charge on any atom is 0.187 e. The summed E-state index contributed by atoms with van der Waals surface area (Å²) in [6.45, 7) is 0.334. The molecule has 0 aliphatic rings. The number of aromatic nitrogens is 1. The molecule has 9 heteroatoms. The maximum atomic E-state index is 13.3. The summed E-state index contributed by atoms with van der Waals surface area (Å²) < 4.78 is 12.0. The zero-order valence-electron chi connectivity index (χ0n) is 18.3. The lowest BCUT2D eigenvalue weighted by atomic mass is 9.99. The molecule has 1 atom stereocenters. The molecule has 176 valence electrons. The average molecular weight is 588 g/mol. The van der Waals surface area contributed by atoms with Crippen molar-refractivity contribution >= 4 is 56.3 Å². The fraction of sp³-hybridized carbons (Fsp3) is 0.115. The lowest BCUT2D eigenvalue weighted by Crippen LogP contribution is -2.12. The minimum absolute atomic E-state index is 0.304. The van der Waals surface area contributed by atoms with Gasteiger partial charge in [-0.05, 0) is 45.8 Å². The van der Waals surface area contributed by atoms with Gasteiger partial charge in [0.05, 0.1) is 33.4 Å². The largest absolute Gasteiger partial charge is 0.493 e. The number of ether oxygens (including phenoxy) is 2. The van der Waals surface area contributed by atoms with E-state index in [9.17, 15) is 10.1 Å². The Bertz CT molecular complexity index is 1420. The molecule has 4 rings (SSSR count). The van der Waals surface area contributed by atoms with Crippen LogP contribution >= 0.6 is 50.5 Å². The Hall–Kier alpha value is -2.89. The van der Waals surface area contributed by atoms with E-state index < -0.39 is 11.7 Å². The zero-order chi connectivity index (χ0) is 24.9. The summed E-state index contributed by atoms with van der Waals surface area (Å²) in [6.07, 6.45) is 0. The van der Waals surface area contributed by atoms with E-state index in [1.165, 1.54) is 18.4 Å². The Balaban J connectivity index is 1.59. The monoisotopic (exact) mass is 586 g/mol. The van der Waals surface area contributed by atoms with E-state index in [4.69, 9.17) is 32.7 Å². The number of methoxy groups -OCH3 is 1. The SMILES string of the molecule is COc1cc(C(=O)C(C#N)c2nc(-c3ccc(Cl)c(Cl)c3)cs2)cc(Br)c1OCc1ccccc1. The highest BCUT2D eigenvalue weighted by molar-refractivity contribution is 9.10. The van der Waals surface area contributed by atoms with E-state index in [0.717, 1.165) is 11.1 Å². The first kappa shape index (κ1) is 25.2. The van der Waals surface area contributed by atoms with Gasteiger partial charge < -0.3 is 9.47 Å². The van der Waals surface area contributed by atoms with Gasteiger partial charge in [0.1, 0.15) is 11.6 Å². The highest BCUT2D eigenvalue weighted by Crippen LogP contribution is 2.39. The normalized spacial score (nSPS) is 11.5. The van der Waals surface area contributed by atoms with Crippen molar-refractivity contribution in [1.82, 2.24) is 4.98 Å². The molecule has 1 aromatic heterocycles. The molecule has 0 bridgehead atoms. The van der Waals surface area contributed by atoms with Gasteiger partial charge in [0.15, 0.2) is 23.2 Å². The fourth-order valence-corrected chi connectivity index (χ4v) is 5.06. The fourth-order valence-electron chi connectivity index (χ4n) is 3.33. The van der Waals surface area contributed by atoms with Crippen molar-refractivity contribution in [2.75, 3.05) is 7.11 Å². The van der Waals surface area contributed by atoms with Crippen LogP contribution < -0.4 is 9.47 Å². The molecule has 0 aliphatic heterocycles. The maximum absolute atomic E-state index is 13.3. The van der Waals surface area contributed by atoms with Gasteiger partial charge in [-0.1, -0.05) is 59.6 Å². The van der Waals surface area contributed by atoms with Crippen LogP contribution in [-0.2, 0) is 6.61 Å². The number of hydrogen-bond acceptors (Lipinski definition) is 6. The molecule has 35 heavy (non-hydrogen) atoms. The van der Waals surface area contributed by atoms with Crippen LogP contribution in [0.3, 0.4) is 0 Å². The van der Waals surface area contributed by atoms with Crippen molar-refractivity contribution in [3.63, 3.8) is 0 Å². The second kappa shape index (κ2) is 11.2. The van der Waals surface area contributed by atoms with E-state index in [2.05, 4.69) is 27.0 Å². The third-order valence-electron chi connectivity index (χ3n) is 5.12. The van der Waals surface area contributed by atoms with E-state index in [1.54, 1.807) is 35.7 Å². The predicted octanol–water partition coefficient (Wildman–Crippen LogP) is 7.96. The number of carbonyl (C=O) groups excluding carboxylic acids is 1. The molecule has 0 N–H and O–H groups in total. The molecule has 1 heterocycles. The van der Waals surface area contributed by atoms with Gasteiger partial charge in [0, 0.05) is 16.5 Å². The molecular weight excluding hydrogens is 571 g/mol. The van der Waals surface area contributed by atoms with Crippen molar-refractivity contribution in [2.24, 2.45) is 0 Å². The number of nitrogens with zero attached hydrogens (tertiary/aromatic N) is 2. The van der Waals surface area contributed by atoms with Crippen LogP contribution in [0.4, 0.5) is 0 Å². The van der Waals surface area contributed by atoms with Gasteiger partial charge in [-0.2, -0.15) is 5.26 Å². The highest BCUT2D eigenvalue weighted by atomic mass is 79.9. The second-order valence-corrected chi connectivity index (χ2v) is 9.95. The molecule has 0 saturated heterocycles. The van der Waals surface area contributed by atoms with Crippen molar-refractivity contribution in [1.29, 1.82) is 5.26 Å². The van der Waals surface area contributed by atoms with Gasteiger partial charge in [0.2, 0.25) is 0 Å². The van der Waals surface area contributed by atoms with Crippen molar-refractivity contribution < 1.29 is 14.3 Å². The number of hydrogen-bond donors (Lipinski definition) is 0. The van der Waals surface area contributed by atoms with Crippen LogP contribution in [0.25, 0.3) is 11.3 Å². The molecule has 0 saturated carbocycles. The quantitative estimate of drug-likeness (QED) is 0.195. The van der Waals surface area contributed by atoms with Crippen LogP contribution in [0.1, 0.15) is 26.8 Å². The third-order valence-corrected chi connectivity index (χ3v) is 7.35. The van der Waals surface area contributed by atoms with Crippen molar-refractivity contribution in [3.05, 3.63) is 96.7 Å². The number of halogens is 3. The molecule has 0 radical (unpaired) electrons. The van der Waals surface area contributed by atoms with Crippen LogP contribution in [0.2, 0.25) is 10.0 Å². The average Bonchev–Trinajstić information content (AvgIpc) is 3.35. The number of ketones is 1. The minimum Gasteiger partial charge on any atom is -0.493 e. The highest BCUT2D eigenvalue weighted by Gasteiger charge is 2.27.